The highest BCUT2D eigenvalue weighted by Crippen LogP contribution is 2.31. The predicted molar refractivity (Wildman–Crippen MR) is 111 cm³/mol. The van der Waals surface area contributed by atoms with Crippen LogP contribution in [-0.4, -0.2) is 13.4 Å². The van der Waals surface area contributed by atoms with Crippen LogP contribution in [0.3, 0.4) is 0 Å². The van der Waals surface area contributed by atoms with Gasteiger partial charge < -0.3 is 4.74 Å². The minimum atomic E-state index is -3.74. The molecule has 0 amide bonds. The van der Waals surface area contributed by atoms with Crippen molar-refractivity contribution in [2.45, 2.75) is 4.90 Å². The lowest BCUT2D eigenvalue weighted by Crippen LogP contribution is -2.13. The maximum absolute atomic E-state index is 12.5. The lowest BCUT2D eigenvalue weighted by atomic mass is 10.3. The number of aromatic nitrogens is 1. The summed E-state index contributed by atoms with van der Waals surface area (Å²) in [7, 11) is -3.74. The number of anilines is 1. The van der Waals surface area contributed by atoms with Crippen molar-refractivity contribution in [1.82, 2.24) is 4.98 Å². The van der Waals surface area contributed by atoms with Crippen LogP contribution in [0.2, 0.25) is 10.0 Å². The first-order chi connectivity index (χ1) is 12.3. The predicted octanol–water partition coefficient (Wildman–Crippen LogP) is 5.59. The molecule has 0 radical (unpaired) electrons. The molecule has 0 spiro atoms. The number of sulfonamides is 1. The molecule has 9 heteroatoms. The Bertz CT molecular complexity index is 1040. The third kappa shape index (κ3) is 4.79. The molecule has 2 aromatic carbocycles. The minimum absolute atomic E-state index is 0.152. The third-order valence-corrected chi connectivity index (χ3v) is 5.84. The van der Waals surface area contributed by atoms with Crippen LogP contribution in [0.4, 0.5) is 5.69 Å². The van der Waals surface area contributed by atoms with Crippen molar-refractivity contribution in [1.29, 1.82) is 0 Å². The van der Waals surface area contributed by atoms with E-state index < -0.39 is 10.0 Å². The number of ether oxygens (including phenoxy) is 1. The molecular formula is C17H11Cl2IN2O3S. The Morgan fingerprint density at radius 2 is 1.69 bits per heavy atom. The first kappa shape index (κ1) is 19.2. The molecule has 5 nitrogen and oxygen atoms in total. The normalized spacial score (nSPS) is 11.2. The molecule has 1 N–H and O–H groups in total. The largest absolute Gasteiger partial charge is 0.456 e. The zero-order valence-corrected chi connectivity index (χ0v) is 17.5. The van der Waals surface area contributed by atoms with Crippen molar-refractivity contribution in [3.05, 3.63) is 74.5 Å². The lowest BCUT2D eigenvalue weighted by molar-refractivity contribution is 0.480. The maximum Gasteiger partial charge on any atom is 0.261 e. The van der Waals surface area contributed by atoms with Gasteiger partial charge in [0.2, 0.25) is 0 Å². The summed E-state index contributed by atoms with van der Waals surface area (Å²) in [5, 5.41) is 0.641. The van der Waals surface area contributed by atoms with Gasteiger partial charge in [0.25, 0.3) is 10.0 Å². The molecule has 0 saturated carbocycles. The van der Waals surface area contributed by atoms with Crippen LogP contribution in [0.15, 0.2) is 65.8 Å². The van der Waals surface area contributed by atoms with E-state index in [1.54, 1.807) is 24.3 Å². The van der Waals surface area contributed by atoms with Gasteiger partial charge in [-0.1, -0.05) is 23.2 Å². The second-order valence-corrected chi connectivity index (χ2v) is 8.91. The number of halogens is 3. The third-order valence-electron chi connectivity index (χ3n) is 3.22. The number of pyridine rings is 1. The van der Waals surface area contributed by atoms with E-state index in [1.165, 1.54) is 36.7 Å². The van der Waals surface area contributed by atoms with Crippen LogP contribution < -0.4 is 9.46 Å². The van der Waals surface area contributed by atoms with Gasteiger partial charge in [-0.2, -0.15) is 0 Å². The average Bonchev–Trinajstić information content (AvgIpc) is 2.58. The number of nitrogens with zero attached hydrogens (tertiary/aromatic N) is 1. The fraction of sp³-hybridized carbons (Fsp3) is 0. The molecule has 1 heterocycles. The Morgan fingerprint density at radius 1 is 0.962 bits per heavy atom. The Balaban J connectivity index is 1.80. The van der Waals surface area contributed by atoms with Gasteiger partial charge in [-0.15, -0.1) is 0 Å². The molecule has 0 aliphatic rings. The van der Waals surface area contributed by atoms with Crippen molar-refractivity contribution < 1.29 is 13.2 Å². The number of nitrogens with one attached hydrogen (secondary N) is 1. The van der Waals surface area contributed by atoms with Gasteiger partial charge in [-0.3, -0.25) is 9.71 Å². The highest BCUT2D eigenvalue weighted by atomic mass is 127. The van der Waals surface area contributed by atoms with E-state index in [4.69, 9.17) is 27.9 Å². The van der Waals surface area contributed by atoms with E-state index in [2.05, 4.69) is 32.3 Å². The van der Waals surface area contributed by atoms with Crippen LogP contribution in [0, 0.1) is 3.57 Å². The van der Waals surface area contributed by atoms with Gasteiger partial charge in [0.05, 0.1) is 26.8 Å². The van der Waals surface area contributed by atoms with Gasteiger partial charge in [0.1, 0.15) is 11.5 Å². The second-order valence-electron chi connectivity index (χ2n) is 5.14. The molecule has 0 unspecified atom stereocenters. The molecule has 134 valence electrons. The van der Waals surface area contributed by atoms with Gasteiger partial charge >= 0.3 is 0 Å². The molecule has 26 heavy (non-hydrogen) atoms. The highest BCUT2D eigenvalue weighted by Gasteiger charge is 2.16. The van der Waals surface area contributed by atoms with E-state index in [0.29, 0.717) is 16.5 Å². The van der Waals surface area contributed by atoms with Gasteiger partial charge in [0.15, 0.2) is 0 Å². The summed E-state index contributed by atoms with van der Waals surface area (Å²) in [6, 6.07) is 12.7. The van der Waals surface area contributed by atoms with Crippen LogP contribution in [0.5, 0.6) is 11.5 Å². The summed E-state index contributed by atoms with van der Waals surface area (Å²) in [6.45, 7) is 0. The van der Waals surface area contributed by atoms with Crippen molar-refractivity contribution >= 4 is 61.5 Å². The summed E-state index contributed by atoms with van der Waals surface area (Å²) in [5.41, 5.74) is 0.252. The standard InChI is InChI=1S/C17H11Cl2IN2O3S/c18-11-7-14(10-21-9-11)25-13-3-6-17(16(19)8-13)22-26(23,24)15-4-1-12(20)2-5-15/h1-10,22H. The van der Waals surface area contributed by atoms with E-state index in [0.717, 1.165) is 3.57 Å². The van der Waals surface area contributed by atoms with Gasteiger partial charge in [-0.25, -0.2) is 8.42 Å². The maximum atomic E-state index is 12.5. The molecule has 0 fully saturated rings. The van der Waals surface area contributed by atoms with Crippen molar-refractivity contribution in [2.75, 3.05) is 4.72 Å². The smallest absolute Gasteiger partial charge is 0.261 e. The van der Waals surface area contributed by atoms with Crippen molar-refractivity contribution in [3.63, 3.8) is 0 Å². The second kappa shape index (κ2) is 7.99. The van der Waals surface area contributed by atoms with E-state index in [9.17, 15) is 8.42 Å². The highest BCUT2D eigenvalue weighted by molar-refractivity contribution is 14.1. The quantitative estimate of drug-likeness (QED) is 0.445. The van der Waals surface area contributed by atoms with Crippen LogP contribution in [-0.2, 0) is 10.0 Å². The first-order valence-electron chi connectivity index (χ1n) is 7.20. The Morgan fingerprint density at radius 3 is 2.35 bits per heavy atom. The molecule has 1 aromatic heterocycles. The summed E-state index contributed by atoms with van der Waals surface area (Å²) in [5.74, 6) is 0.872. The van der Waals surface area contributed by atoms with Crippen molar-refractivity contribution in [3.8, 4) is 11.5 Å². The zero-order chi connectivity index (χ0) is 18.7. The molecule has 0 aliphatic heterocycles. The van der Waals surface area contributed by atoms with E-state index in [-0.39, 0.29) is 15.6 Å². The van der Waals surface area contributed by atoms with E-state index >= 15 is 0 Å². The lowest BCUT2D eigenvalue weighted by Gasteiger charge is -2.11. The molecule has 0 saturated heterocycles. The topological polar surface area (TPSA) is 68.3 Å². The zero-order valence-electron chi connectivity index (χ0n) is 13.0. The molecular weight excluding hydrogens is 510 g/mol. The fourth-order valence-electron chi connectivity index (χ4n) is 2.04. The number of hydrogen-bond donors (Lipinski definition) is 1. The number of hydrogen-bond acceptors (Lipinski definition) is 4. The van der Waals surface area contributed by atoms with Crippen molar-refractivity contribution in [2.24, 2.45) is 0 Å². The Hall–Kier alpha value is -1.55. The Labute approximate surface area is 174 Å². The SMILES string of the molecule is O=S(=O)(Nc1ccc(Oc2cncc(Cl)c2)cc1Cl)c1ccc(I)cc1. The number of rotatable bonds is 5. The van der Waals surface area contributed by atoms with Crippen LogP contribution in [0.1, 0.15) is 0 Å². The summed E-state index contributed by atoms with van der Waals surface area (Å²) in [4.78, 5) is 4.08. The van der Waals surface area contributed by atoms with Gasteiger partial charge in [0, 0.05) is 21.9 Å². The molecule has 0 atom stereocenters. The molecule has 0 aliphatic carbocycles. The average molecular weight is 521 g/mol. The summed E-state index contributed by atoms with van der Waals surface area (Å²) >= 11 is 14.2. The van der Waals surface area contributed by atoms with Gasteiger partial charge in [-0.05, 0) is 59.0 Å². The minimum Gasteiger partial charge on any atom is -0.456 e. The Kier molecular flexibility index (Phi) is 5.91. The van der Waals surface area contributed by atoms with E-state index in [1.807, 2.05) is 0 Å². The molecule has 0 bridgehead atoms. The first-order valence-corrected chi connectivity index (χ1v) is 10.5. The summed E-state index contributed by atoms with van der Waals surface area (Å²) in [6.07, 6.45) is 3.00. The molecule has 3 aromatic rings. The monoisotopic (exact) mass is 520 g/mol. The fourth-order valence-corrected chi connectivity index (χ4v) is 3.92. The summed E-state index contributed by atoms with van der Waals surface area (Å²) < 4.78 is 33.9. The van der Waals surface area contributed by atoms with Crippen LogP contribution in [0.25, 0.3) is 0 Å². The number of benzene rings is 2. The van der Waals surface area contributed by atoms with Crippen LogP contribution >= 0.6 is 45.8 Å². The molecule has 3 rings (SSSR count).